The number of amides is 2. The molecule has 0 aliphatic heterocycles. The summed E-state index contributed by atoms with van der Waals surface area (Å²) < 4.78 is 11.7. The fraction of sp³-hybridized carbons (Fsp3) is 0.579. The molecule has 1 aromatic rings. The van der Waals surface area contributed by atoms with Gasteiger partial charge in [0, 0.05) is 18.8 Å². The van der Waals surface area contributed by atoms with E-state index in [2.05, 4.69) is 0 Å². The molecule has 3 atom stereocenters. The van der Waals surface area contributed by atoms with Crippen LogP contribution in [0.2, 0.25) is 0 Å². The summed E-state index contributed by atoms with van der Waals surface area (Å²) in [5, 5.41) is 0. The third-order valence-electron chi connectivity index (χ3n) is 5.51. The number of hydrogen-bond donors (Lipinski definition) is 2. The van der Waals surface area contributed by atoms with Crippen molar-refractivity contribution in [1.29, 1.82) is 0 Å². The smallest absolute Gasteiger partial charge is 0.218 e. The molecule has 2 unspecified atom stereocenters. The van der Waals surface area contributed by atoms with Gasteiger partial charge < -0.3 is 20.9 Å². The van der Waals surface area contributed by atoms with Gasteiger partial charge >= 0.3 is 0 Å². The van der Waals surface area contributed by atoms with Gasteiger partial charge in [-0.1, -0.05) is 6.07 Å². The van der Waals surface area contributed by atoms with Crippen LogP contribution in [-0.4, -0.2) is 25.0 Å². The van der Waals surface area contributed by atoms with Gasteiger partial charge in [0.1, 0.15) is 6.10 Å². The van der Waals surface area contributed by atoms with E-state index in [1.54, 1.807) is 7.11 Å². The van der Waals surface area contributed by atoms with Crippen molar-refractivity contribution in [2.24, 2.45) is 23.3 Å². The Morgan fingerprint density at radius 3 is 2.36 bits per heavy atom. The normalized spacial score (nSPS) is 24.5. The second kappa shape index (κ2) is 7.33. The average molecular weight is 346 g/mol. The first-order valence-corrected chi connectivity index (χ1v) is 8.87. The molecule has 2 fully saturated rings. The minimum atomic E-state index is -0.461. The van der Waals surface area contributed by atoms with Crippen molar-refractivity contribution in [3.05, 3.63) is 23.8 Å². The lowest BCUT2D eigenvalue weighted by atomic mass is 9.91. The Balaban J connectivity index is 1.82. The number of methoxy groups -OCH3 is 1. The molecule has 2 aliphatic carbocycles. The zero-order chi connectivity index (χ0) is 18.0. The Bertz CT molecular complexity index is 645. The van der Waals surface area contributed by atoms with Gasteiger partial charge in [-0.2, -0.15) is 0 Å². The molecule has 136 valence electrons. The molecule has 2 saturated carbocycles. The predicted molar refractivity (Wildman–Crippen MR) is 93.2 cm³/mol. The number of nitrogens with two attached hydrogens (primary N) is 2. The average Bonchev–Trinajstić information content (AvgIpc) is 3.16. The lowest BCUT2D eigenvalue weighted by molar-refractivity contribution is -0.119. The molecular formula is C19H26N2O4. The van der Waals surface area contributed by atoms with E-state index in [4.69, 9.17) is 20.9 Å². The van der Waals surface area contributed by atoms with Crippen molar-refractivity contribution in [2.45, 2.75) is 50.5 Å². The molecule has 2 amide bonds. The highest BCUT2D eigenvalue weighted by Crippen LogP contribution is 2.47. The van der Waals surface area contributed by atoms with Crippen molar-refractivity contribution < 1.29 is 19.1 Å². The van der Waals surface area contributed by atoms with E-state index in [1.165, 1.54) is 19.3 Å². The third-order valence-corrected chi connectivity index (χ3v) is 5.51. The topological polar surface area (TPSA) is 105 Å². The fourth-order valence-corrected chi connectivity index (χ4v) is 4.33. The zero-order valence-electron chi connectivity index (χ0n) is 14.6. The Hall–Kier alpha value is -2.24. The first-order chi connectivity index (χ1) is 12.0. The summed E-state index contributed by atoms with van der Waals surface area (Å²) in [6.07, 6.45) is 5.23. The van der Waals surface area contributed by atoms with Crippen LogP contribution < -0.4 is 20.9 Å². The molecule has 25 heavy (non-hydrogen) atoms. The SMILES string of the molecule is COc1ccc(C(CC(N)=O)CC(N)=O)cc1O[C@@H]1CC2CCC1C2. The molecule has 0 aromatic heterocycles. The van der Waals surface area contributed by atoms with Gasteiger partial charge in [0.25, 0.3) is 0 Å². The molecule has 0 spiro atoms. The van der Waals surface area contributed by atoms with Crippen LogP contribution in [0.15, 0.2) is 18.2 Å². The van der Waals surface area contributed by atoms with Crippen LogP contribution in [0.4, 0.5) is 0 Å². The van der Waals surface area contributed by atoms with Crippen molar-refractivity contribution in [1.82, 2.24) is 0 Å². The van der Waals surface area contributed by atoms with Gasteiger partial charge in [0.2, 0.25) is 11.8 Å². The maximum atomic E-state index is 11.4. The maximum Gasteiger partial charge on any atom is 0.218 e. The van der Waals surface area contributed by atoms with E-state index < -0.39 is 11.8 Å². The summed E-state index contributed by atoms with van der Waals surface area (Å²) in [5.74, 6) is 1.45. The Kier molecular flexibility index (Phi) is 5.16. The van der Waals surface area contributed by atoms with Crippen LogP contribution >= 0.6 is 0 Å². The number of primary amides is 2. The summed E-state index contributed by atoms with van der Waals surface area (Å²) in [6.45, 7) is 0. The van der Waals surface area contributed by atoms with Crippen LogP contribution in [0.3, 0.4) is 0 Å². The molecule has 6 nitrogen and oxygen atoms in total. The van der Waals surface area contributed by atoms with Crippen molar-refractivity contribution in [2.75, 3.05) is 7.11 Å². The Morgan fingerprint density at radius 1 is 1.12 bits per heavy atom. The molecule has 1 aromatic carbocycles. The summed E-state index contributed by atoms with van der Waals surface area (Å²) in [5.41, 5.74) is 11.5. The van der Waals surface area contributed by atoms with Crippen molar-refractivity contribution in [3.8, 4) is 11.5 Å². The number of rotatable bonds is 8. The van der Waals surface area contributed by atoms with E-state index in [-0.39, 0.29) is 24.9 Å². The largest absolute Gasteiger partial charge is 0.493 e. The number of fused-ring (bicyclic) bond motifs is 2. The van der Waals surface area contributed by atoms with Crippen LogP contribution in [-0.2, 0) is 9.59 Å². The molecule has 6 heteroatoms. The van der Waals surface area contributed by atoms with E-state index in [1.807, 2.05) is 18.2 Å². The van der Waals surface area contributed by atoms with Gasteiger partial charge in [0.05, 0.1) is 7.11 Å². The lowest BCUT2D eigenvalue weighted by Crippen LogP contribution is -2.24. The second-order valence-corrected chi connectivity index (χ2v) is 7.28. The fourth-order valence-electron chi connectivity index (χ4n) is 4.33. The summed E-state index contributed by atoms with van der Waals surface area (Å²) >= 11 is 0. The van der Waals surface area contributed by atoms with Gasteiger partial charge in [-0.3, -0.25) is 9.59 Å². The van der Waals surface area contributed by atoms with Gasteiger partial charge in [-0.25, -0.2) is 0 Å². The second-order valence-electron chi connectivity index (χ2n) is 7.28. The molecule has 0 saturated heterocycles. The lowest BCUT2D eigenvalue weighted by Gasteiger charge is -2.25. The van der Waals surface area contributed by atoms with Gasteiger partial charge in [0.15, 0.2) is 11.5 Å². The van der Waals surface area contributed by atoms with Crippen molar-refractivity contribution in [3.63, 3.8) is 0 Å². The van der Waals surface area contributed by atoms with Crippen LogP contribution in [0.1, 0.15) is 50.0 Å². The Labute approximate surface area is 147 Å². The number of carbonyl (C=O) groups is 2. The standard InChI is InChI=1S/C19H26N2O4/c1-24-15-5-4-12(14(9-18(20)22)10-19(21)23)8-17(15)25-16-7-11-2-3-13(16)6-11/h4-5,8,11,13-14,16H,2-3,6-7,9-10H2,1H3,(H2,20,22)(H2,21,23)/t11?,13?,16-/m1/s1. The van der Waals surface area contributed by atoms with E-state index in [9.17, 15) is 9.59 Å². The number of benzene rings is 1. The van der Waals surface area contributed by atoms with E-state index in [0.29, 0.717) is 17.4 Å². The first-order valence-electron chi connectivity index (χ1n) is 8.87. The van der Waals surface area contributed by atoms with Gasteiger partial charge in [-0.05, 0) is 55.2 Å². The van der Waals surface area contributed by atoms with E-state index in [0.717, 1.165) is 17.9 Å². The number of carbonyl (C=O) groups excluding carboxylic acids is 2. The molecule has 2 bridgehead atoms. The van der Waals surface area contributed by atoms with Crippen LogP contribution in [0, 0.1) is 11.8 Å². The molecule has 2 aliphatic rings. The van der Waals surface area contributed by atoms with Crippen LogP contribution in [0.25, 0.3) is 0 Å². The molecule has 4 N–H and O–H groups in total. The summed E-state index contributed by atoms with van der Waals surface area (Å²) in [4.78, 5) is 22.7. The zero-order valence-corrected chi connectivity index (χ0v) is 14.6. The summed E-state index contributed by atoms with van der Waals surface area (Å²) in [7, 11) is 1.60. The maximum absolute atomic E-state index is 11.4. The number of ether oxygens (including phenoxy) is 2. The first kappa shape index (κ1) is 17.6. The van der Waals surface area contributed by atoms with Crippen molar-refractivity contribution >= 4 is 11.8 Å². The number of hydrogen-bond acceptors (Lipinski definition) is 4. The molecular weight excluding hydrogens is 320 g/mol. The highest BCUT2D eigenvalue weighted by Gasteiger charge is 2.41. The molecule has 0 radical (unpaired) electrons. The molecule has 0 heterocycles. The summed E-state index contributed by atoms with van der Waals surface area (Å²) in [6, 6.07) is 5.51. The third kappa shape index (κ3) is 4.06. The van der Waals surface area contributed by atoms with Crippen LogP contribution in [0.5, 0.6) is 11.5 Å². The van der Waals surface area contributed by atoms with Gasteiger partial charge in [-0.15, -0.1) is 0 Å². The highest BCUT2D eigenvalue weighted by molar-refractivity contribution is 5.78. The quantitative estimate of drug-likeness (QED) is 0.752. The predicted octanol–water partition coefficient (Wildman–Crippen LogP) is 2.10. The minimum absolute atomic E-state index is 0.0723. The monoisotopic (exact) mass is 346 g/mol. The highest BCUT2D eigenvalue weighted by atomic mass is 16.5. The Morgan fingerprint density at radius 2 is 1.84 bits per heavy atom. The minimum Gasteiger partial charge on any atom is -0.493 e. The van der Waals surface area contributed by atoms with E-state index >= 15 is 0 Å². The molecule has 3 rings (SSSR count).